The van der Waals surface area contributed by atoms with Crippen LogP contribution in [0.1, 0.15) is 33.4 Å². The second-order valence-electron chi connectivity index (χ2n) is 5.51. The number of fused-ring (bicyclic) bond motifs is 1. The van der Waals surface area contributed by atoms with E-state index in [4.69, 9.17) is 0 Å². The lowest BCUT2D eigenvalue weighted by Crippen LogP contribution is -2.41. The number of hydrogen-bond donors (Lipinski definition) is 1. The summed E-state index contributed by atoms with van der Waals surface area (Å²) in [6, 6.07) is 0.470. The lowest BCUT2D eigenvalue weighted by molar-refractivity contribution is 0.269. The fraction of sp³-hybridized carbons (Fsp3) is 0.615. The Morgan fingerprint density at radius 3 is 2.82 bits per heavy atom. The molecule has 4 heteroatoms. The molecular formula is C13H21N3S. The summed E-state index contributed by atoms with van der Waals surface area (Å²) in [5, 5.41) is 5.63. The number of thiazole rings is 1. The maximum Gasteiger partial charge on any atom is 0.193 e. The molecule has 94 valence electrons. The summed E-state index contributed by atoms with van der Waals surface area (Å²) in [7, 11) is 0. The first kappa shape index (κ1) is 12.6. The van der Waals surface area contributed by atoms with Crippen molar-refractivity contribution in [1.29, 1.82) is 0 Å². The predicted molar refractivity (Wildman–Crippen MR) is 73.7 cm³/mol. The van der Waals surface area contributed by atoms with Crippen molar-refractivity contribution in [2.45, 2.75) is 40.2 Å². The van der Waals surface area contributed by atoms with E-state index in [0.29, 0.717) is 6.04 Å². The zero-order chi connectivity index (χ0) is 12.5. The van der Waals surface area contributed by atoms with Crippen LogP contribution in [0.15, 0.2) is 17.8 Å². The van der Waals surface area contributed by atoms with Crippen LogP contribution in [0.4, 0.5) is 0 Å². The Morgan fingerprint density at radius 1 is 1.47 bits per heavy atom. The van der Waals surface area contributed by atoms with Gasteiger partial charge in [-0.3, -0.25) is 4.40 Å². The van der Waals surface area contributed by atoms with Gasteiger partial charge in [-0.25, -0.2) is 4.98 Å². The Labute approximate surface area is 107 Å². The second kappa shape index (κ2) is 4.78. The van der Waals surface area contributed by atoms with Crippen LogP contribution >= 0.6 is 11.3 Å². The van der Waals surface area contributed by atoms with Crippen molar-refractivity contribution in [2.24, 2.45) is 5.41 Å². The number of rotatable bonds is 4. The quantitative estimate of drug-likeness (QED) is 0.905. The molecule has 2 heterocycles. The van der Waals surface area contributed by atoms with Gasteiger partial charge >= 0.3 is 0 Å². The average molecular weight is 251 g/mol. The van der Waals surface area contributed by atoms with Crippen LogP contribution in [-0.4, -0.2) is 22.0 Å². The fourth-order valence-corrected chi connectivity index (χ4v) is 2.73. The Morgan fingerprint density at radius 2 is 2.24 bits per heavy atom. The SMILES string of the molecule is CCNC(Cc1cn2ccsc2n1)C(C)(C)C. The van der Waals surface area contributed by atoms with Crippen LogP contribution in [0.5, 0.6) is 0 Å². The molecule has 0 saturated carbocycles. The molecule has 1 unspecified atom stereocenters. The number of aromatic nitrogens is 2. The van der Waals surface area contributed by atoms with Crippen LogP contribution in [-0.2, 0) is 6.42 Å². The summed E-state index contributed by atoms with van der Waals surface area (Å²) < 4.78 is 2.10. The van der Waals surface area contributed by atoms with Crippen LogP contribution in [0.3, 0.4) is 0 Å². The van der Waals surface area contributed by atoms with Gasteiger partial charge in [0.2, 0.25) is 0 Å². The first-order valence-corrected chi connectivity index (χ1v) is 7.03. The third kappa shape index (κ3) is 2.87. The van der Waals surface area contributed by atoms with Crippen LogP contribution in [0, 0.1) is 5.41 Å². The summed E-state index contributed by atoms with van der Waals surface area (Å²) in [4.78, 5) is 5.74. The molecule has 0 aliphatic heterocycles. The highest BCUT2D eigenvalue weighted by Gasteiger charge is 2.24. The minimum absolute atomic E-state index is 0.257. The Bertz CT molecular complexity index is 450. The van der Waals surface area contributed by atoms with Gasteiger partial charge in [0, 0.05) is 30.2 Å². The topological polar surface area (TPSA) is 29.3 Å². The van der Waals surface area contributed by atoms with Gasteiger partial charge in [0.1, 0.15) is 0 Å². The third-order valence-corrected chi connectivity index (χ3v) is 3.82. The smallest absolute Gasteiger partial charge is 0.193 e. The molecule has 0 bridgehead atoms. The normalized spacial score (nSPS) is 14.4. The van der Waals surface area contributed by atoms with Gasteiger partial charge in [-0.2, -0.15) is 0 Å². The van der Waals surface area contributed by atoms with Gasteiger partial charge in [-0.05, 0) is 12.0 Å². The molecule has 0 fully saturated rings. The highest BCUT2D eigenvalue weighted by molar-refractivity contribution is 7.15. The standard InChI is InChI=1S/C13H21N3S/c1-5-14-11(13(2,3)4)8-10-9-16-6-7-17-12(16)15-10/h6-7,9,11,14H,5,8H2,1-4H3. The van der Waals surface area contributed by atoms with Crippen molar-refractivity contribution in [3.63, 3.8) is 0 Å². The number of nitrogens with zero attached hydrogens (tertiary/aromatic N) is 2. The van der Waals surface area contributed by atoms with Crippen LogP contribution in [0.2, 0.25) is 0 Å². The first-order chi connectivity index (χ1) is 8.00. The van der Waals surface area contributed by atoms with E-state index in [1.54, 1.807) is 11.3 Å². The van der Waals surface area contributed by atoms with E-state index in [0.717, 1.165) is 17.9 Å². The third-order valence-electron chi connectivity index (χ3n) is 3.05. The van der Waals surface area contributed by atoms with Gasteiger partial charge in [0.05, 0.1) is 5.69 Å². The predicted octanol–water partition coefficient (Wildman–Crippen LogP) is 2.96. The van der Waals surface area contributed by atoms with Crippen molar-refractivity contribution in [3.8, 4) is 0 Å². The van der Waals surface area contributed by atoms with E-state index in [9.17, 15) is 0 Å². The maximum absolute atomic E-state index is 4.65. The van der Waals surface area contributed by atoms with E-state index in [-0.39, 0.29) is 5.41 Å². The molecule has 2 rings (SSSR count). The van der Waals surface area contributed by atoms with Gasteiger partial charge in [0.15, 0.2) is 4.96 Å². The van der Waals surface area contributed by atoms with Crippen LogP contribution in [0.25, 0.3) is 4.96 Å². The highest BCUT2D eigenvalue weighted by atomic mass is 32.1. The van der Waals surface area contributed by atoms with Crippen molar-refractivity contribution in [1.82, 2.24) is 14.7 Å². The number of likely N-dealkylation sites (N-methyl/N-ethyl adjacent to an activating group) is 1. The van der Waals surface area contributed by atoms with Crippen molar-refractivity contribution in [2.75, 3.05) is 6.54 Å². The van der Waals surface area contributed by atoms with E-state index in [2.05, 4.69) is 60.2 Å². The molecular weight excluding hydrogens is 230 g/mol. The van der Waals surface area contributed by atoms with Crippen molar-refractivity contribution in [3.05, 3.63) is 23.5 Å². The maximum atomic E-state index is 4.65. The molecule has 0 radical (unpaired) electrons. The average Bonchev–Trinajstić information content (AvgIpc) is 2.75. The zero-order valence-corrected chi connectivity index (χ0v) is 11.8. The van der Waals surface area contributed by atoms with E-state index in [1.807, 2.05) is 0 Å². The Balaban J connectivity index is 2.15. The number of imidazole rings is 1. The molecule has 17 heavy (non-hydrogen) atoms. The molecule has 0 aliphatic rings. The molecule has 0 aliphatic carbocycles. The van der Waals surface area contributed by atoms with Gasteiger partial charge < -0.3 is 5.32 Å². The van der Waals surface area contributed by atoms with Gasteiger partial charge in [0.25, 0.3) is 0 Å². The van der Waals surface area contributed by atoms with E-state index in [1.165, 1.54) is 5.69 Å². The second-order valence-corrected chi connectivity index (χ2v) is 6.38. The Hall–Kier alpha value is -0.870. The molecule has 0 amide bonds. The number of hydrogen-bond acceptors (Lipinski definition) is 3. The van der Waals surface area contributed by atoms with Crippen molar-refractivity contribution >= 4 is 16.3 Å². The Kier molecular flexibility index (Phi) is 3.54. The fourth-order valence-electron chi connectivity index (χ4n) is 2.01. The van der Waals surface area contributed by atoms with Gasteiger partial charge in [-0.1, -0.05) is 27.7 Å². The first-order valence-electron chi connectivity index (χ1n) is 6.15. The van der Waals surface area contributed by atoms with E-state index >= 15 is 0 Å². The van der Waals surface area contributed by atoms with Gasteiger partial charge in [-0.15, -0.1) is 11.3 Å². The molecule has 1 atom stereocenters. The molecule has 2 aromatic heterocycles. The van der Waals surface area contributed by atoms with E-state index < -0.39 is 0 Å². The lowest BCUT2D eigenvalue weighted by atomic mass is 9.84. The molecule has 0 spiro atoms. The minimum Gasteiger partial charge on any atom is -0.313 e. The summed E-state index contributed by atoms with van der Waals surface area (Å²) in [5.74, 6) is 0. The molecule has 0 saturated heterocycles. The number of nitrogens with one attached hydrogen (secondary N) is 1. The van der Waals surface area contributed by atoms with Crippen molar-refractivity contribution < 1.29 is 0 Å². The monoisotopic (exact) mass is 251 g/mol. The molecule has 2 aromatic rings. The summed E-state index contributed by atoms with van der Waals surface area (Å²) in [6.07, 6.45) is 5.20. The summed E-state index contributed by atoms with van der Waals surface area (Å²) in [5.41, 5.74) is 1.44. The lowest BCUT2D eigenvalue weighted by Gasteiger charge is -2.30. The molecule has 1 N–H and O–H groups in total. The minimum atomic E-state index is 0.257. The molecule has 0 aromatic carbocycles. The zero-order valence-electron chi connectivity index (χ0n) is 11.0. The largest absolute Gasteiger partial charge is 0.313 e. The highest BCUT2D eigenvalue weighted by Crippen LogP contribution is 2.23. The van der Waals surface area contributed by atoms with Crippen LogP contribution < -0.4 is 5.32 Å². The summed E-state index contributed by atoms with van der Waals surface area (Å²) >= 11 is 1.69. The molecule has 3 nitrogen and oxygen atoms in total. The summed E-state index contributed by atoms with van der Waals surface area (Å²) in [6.45, 7) is 9.99.